The summed E-state index contributed by atoms with van der Waals surface area (Å²) in [4.78, 5) is 10.9. The van der Waals surface area contributed by atoms with E-state index < -0.39 is 5.97 Å². The number of benzene rings is 1. The number of aromatic carboxylic acids is 1. The third-order valence-corrected chi connectivity index (χ3v) is 2.71. The second-order valence-electron chi connectivity index (χ2n) is 3.80. The van der Waals surface area contributed by atoms with Crippen molar-refractivity contribution in [2.45, 2.75) is 13.1 Å². The van der Waals surface area contributed by atoms with Crippen molar-refractivity contribution < 1.29 is 14.3 Å². The topological polar surface area (TPSA) is 62.5 Å². The van der Waals surface area contributed by atoms with Gasteiger partial charge in [-0.05, 0) is 23.8 Å². The number of carboxylic acids is 1. The Morgan fingerprint density at radius 1 is 1.33 bits per heavy atom. The maximum atomic E-state index is 10.9. The van der Waals surface area contributed by atoms with Crippen molar-refractivity contribution in [1.82, 2.24) is 5.32 Å². The van der Waals surface area contributed by atoms with E-state index in [9.17, 15) is 4.79 Å². The molecule has 0 fully saturated rings. The van der Waals surface area contributed by atoms with Gasteiger partial charge in [-0.1, -0.05) is 23.7 Å². The van der Waals surface area contributed by atoms with E-state index in [0.29, 0.717) is 23.9 Å². The molecule has 0 unspecified atom stereocenters. The van der Waals surface area contributed by atoms with Gasteiger partial charge in [-0.2, -0.15) is 0 Å². The molecule has 1 aromatic heterocycles. The smallest absolute Gasteiger partial charge is 0.339 e. The van der Waals surface area contributed by atoms with Gasteiger partial charge in [0.05, 0.1) is 12.8 Å². The fourth-order valence-electron chi connectivity index (χ4n) is 1.64. The van der Waals surface area contributed by atoms with Gasteiger partial charge in [0.15, 0.2) is 0 Å². The van der Waals surface area contributed by atoms with E-state index in [2.05, 4.69) is 5.32 Å². The fourth-order valence-corrected chi connectivity index (χ4v) is 1.85. The Morgan fingerprint density at radius 3 is 2.89 bits per heavy atom. The molecule has 5 heteroatoms. The van der Waals surface area contributed by atoms with Gasteiger partial charge in [-0.25, -0.2) is 4.79 Å². The molecule has 2 rings (SSSR count). The molecule has 0 bridgehead atoms. The minimum atomic E-state index is -0.983. The molecule has 2 N–H and O–H groups in total. The minimum Gasteiger partial charge on any atom is -0.478 e. The molecule has 0 saturated heterocycles. The normalized spacial score (nSPS) is 10.5. The second kappa shape index (κ2) is 5.71. The molecule has 4 nitrogen and oxygen atoms in total. The number of carboxylic acid groups (broad SMARTS) is 1. The Labute approximate surface area is 109 Å². The molecule has 94 valence electrons. The number of hydrogen-bond acceptors (Lipinski definition) is 3. The van der Waals surface area contributed by atoms with Crippen molar-refractivity contribution in [2.75, 3.05) is 0 Å². The number of hydrogen-bond donors (Lipinski definition) is 2. The van der Waals surface area contributed by atoms with Crippen LogP contribution in [0.25, 0.3) is 0 Å². The molecule has 1 aromatic carbocycles. The molecule has 0 saturated carbocycles. The van der Waals surface area contributed by atoms with Crippen LogP contribution < -0.4 is 5.32 Å². The number of nitrogens with one attached hydrogen (secondary N) is 1. The first-order chi connectivity index (χ1) is 8.66. The first-order valence-electron chi connectivity index (χ1n) is 5.41. The van der Waals surface area contributed by atoms with Gasteiger partial charge in [-0.3, -0.25) is 0 Å². The molecule has 0 spiro atoms. The van der Waals surface area contributed by atoms with Crippen LogP contribution in [0.5, 0.6) is 0 Å². The summed E-state index contributed by atoms with van der Waals surface area (Å²) in [5.74, 6) is -0.562. The van der Waals surface area contributed by atoms with E-state index >= 15 is 0 Å². The van der Waals surface area contributed by atoms with Crippen molar-refractivity contribution in [3.63, 3.8) is 0 Å². The van der Waals surface area contributed by atoms with Crippen LogP contribution in [-0.2, 0) is 13.1 Å². The van der Waals surface area contributed by atoms with Gasteiger partial charge < -0.3 is 14.8 Å². The highest BCUT2D eigenvalue weighted by Crippen LogP contribution is 2.12. The fraction of sp³-hybridized carbons (Fsp3) is 0.154. The molecular formula is C13H12ClNO3. The Morgan fingerprint density at radius 2 is 2.17 bits per heavy atom. The standard InChI is InChI=1S/C13H12ClNO3/c14-10-3-1-2-9(6-10)7-15-8-12-11(13(16)17)4-5-18-12/h1-6,15H,7-8H2,(H,16,17). The Hall–Kier alpha value is -1.78. The van der Waals surface area contributed by atoms with E-state index in [4.69, 9.17) is 21.1 Å². The molecule has 0 atom stereocenters. The zero-order chi connectivity index (χ0) is 13.0. The Bertz CT molecular complexity index is 551. The molecule has 0 aliphatic heterocycles. The van der Waals surface area contributed by atoms with Crippen molar-refractivity contribution in [3.8, 4) is 0 Å². The molecule has 18 heavy (non-hydrogen) atoms. The van der Waals surface area contributed by atoms with Gasteiger partial charge in [0.25, 0.3) is 0 Å². The number of carbonyl (C=O) groups is 1. The summed E-state index contributed by atoms with van der Waals surface area (Å²) in [5, 5.41) is 12.7. The lowest BCUT2D eigenvalue weighted by Gasteiger charge is -2.04. The largest absolute Gasteiger partial charge is 0.478 e. The third-order valence-electron chi connectivity index (χ3n) is 2.48. The predicted molar refractivity (Wildman–Crippen MR) is 67.7 cm³/mol. The van der Waals surface area contributed by atoms with E-state index in [1.807, 2.05) is 18.2 Å². The maximum absolute atomic E-state index is 10.9. The molecule has 0 amide bonds. The van der Waals surface area contributed by atoms with Gasteiger partial charge >= 0.3 is 5.97 Å². The van der Waals surface area contributed by atoms with Gasteiger partial charge in [0.2, 0.25) is 0 Å². The highest BCUT2D eigenvalue weighted by Gasteiger charge is 2.12. The zero-order valence-corrected chi connectivity index (χ0v) is 10.3. The van der Waals surface area contributed by atoms with Crippen molar-refractivity contribution in [1.29, 1.82) is 0 Å². The van der Waals surface area contributed by atoms with Crippen molar-refractivity contribution >= 4 is 17.6 Å². The summed E-state index contributed by atoms with van der Waals surface area (Å²) in [7, 11) is 0. The van der Waals surface area contributed by atoms with Gasteiger partial charge in [-0.15, -0.1) is 0 Å². The minimum absolute atomic E-state index is 0.189. The first kappa shape index (κ1) is 12.7. The first-order valence-corrected chi connectivity index (χ1v) is 5.79. The number of furan rings is 1. The van der Waals surface area contributed by atoms with E-state index in [0.717, 1.165) is 5.56 Å². The van der Waals surface area contributed by atoms with Gasteiger partial charge in [0.1, 0.15) is 11.3 Å². The zero-order valence-electron chi connectivity index (χ0n) is 9.52. The quantitative estimate of drug-likeness (QED) is 0.873. The van der Waals surface area contributed by atoms with E-state index in [1.165, 1.54) is 12.3 Å². The van der Waals surface area contributed by atoms with Crippen molar-refractivity contribution in [3.05, 3.63) is 58.5 Å². The average molecular weight is 266 g/mol. The summed E-state index contributed by atoms with van der Waals surface area (Å²) in [5.41, 5.74) is 1.22. The lowest BCUT2D eigenvalue weighted by molar-refractivity contribution is 0.0694. The summed E-state index contributed by atoms with van der Waals surface area (Å²) >= 11 is 5.87. The summed E-state index contributed by atoms with van der Waals surface area (Å²) < 4.78 is 5.12. The highest BCUT2D eigenvalue weighted by atomic mass is 35.5. The summed E-state index contributed by atoms with van der Waals surface area (Å²) in [6.07, 6.45) is 1.37. The SMILES string of the molecule is O=C(O)c1ccoc1CNCc1cccc(Cl)c1. The lowest BCUT2D eigenvalue weighted by Crippen LogP contribution is -2.14. The van der Waals surface area contributed by atoms with Crippen LogP contribution in [0.4, 0.5) is 0 Å². The third kappa shape index (κ3) is 3.12. The Kier molecular flexibility index (Phi) is 4.02. The Balaban J connectivity index is 1.92. The van der Waals surface area contributed by atoms with E-state index in [-0.39, 0.29) is 5.56 Å². The second-order valence-corrected chi connectivity index (χ2v) is 4.23. The lowest BCUT2D eigenvalue weighted by atomic mass is 10.2. The number of rotatable bonds is 5. The van der Waals surface area contributed by atoms with Gasteiger partial charge in [0, 0.05) is 11.6 Å². The summed E-state index contributed by atoms with van der Waals surface area (Å²) in [6.45, 7) is 0.960. The molecule has 1 heterocycles. The molecule has 0 radical (unpaired) electrons. The van der Waals surface area contributed by atoms with Crippen LogP contribution in [0, 0.1) is 0 Å². The molecule has 2 aromatic rings. The van der Waals surface area contributed by atoms with E-state index in [1.54, 1.807) is 6.07 Å². The average Bonchev–Trinajstić information content (AvgIpc) is 2.77. The maximum Gasteiger partial charge on any atom is 0.339 e. The van der Waals surface area contributed by atoms with Crippen molar-refractivity contribution in [2.24, 2.45) is 0 Å². The van der Waals surface area contributed by atoms with Crippen LogP contribution in [0.15, 0.2) is 41.0 Å². The van der Waals surface area contributed by atoms with Crippen LogP contribution in [-0.4, -0.2) is 11.1 Å². The van der Waals surface area contributed by atoms with Crippen LogP contribution in [0.2, 0.25) is 5.02 Å². The van der Waals surface area contributed by atoms with Crippen LogP contribution in [0.3, 0.4) is 0 Å². The predicted octanol–water partition coefficient (Wildman–Crippen LogP) is 2.92. The molecule has 0 aliphatic carbocycles. The molecular weight excluding hydrogens is 254 g/mol. The molecule has 0 aliphatic rings. The number of halogens is 1. The highest BCUT2D eigenvalue weighted by molar-refractivity contribution is 6.30. The van der Waals surface area contributed by atoms with Crippen LogP contribution in [0.1, 0.15) is 21.7 Å². The van der Waals surface area contributed by atoms with Crippen LogP contribution >= 0.6 is 11.6 Å². The monoisotopic (exact) mass is 265 g/mol. The summed E-state index contributed by atoms with van der Waals surface area (Å²) in [6, 6.07) is 8.92.